The van der Waals surface area contributed by atoms with Crippen molar-refractivity contribution in [1.29, 1.82) is 0 Å². The number of benzene rings is 2. The first-order valence-corrected chi connectivity index (χ1v) is 11.6. The van der Waals surface area contributed by atoms with E-state index in [-0.39, 0.29) is 12.2 Å². The van der Waals surface area contributed by atoms with Crippen LogP contribution in [0.15, 0.2) is 54.1 Å². The third kappa shape index (κ3) is 4.45. The highest BCUT2D eigenvalue weighted by Gasteiger charge is 2.37. The monoisotopic (exact) mass is 485 g/mol. The summed E-state index contributed by atoms with van der Waals surface area (Å²) in [6.07, 6.45) is 1.49. The number of carbonyl (C=O) groups excluding carboxylic acids is 4. The molecule has 1 aliphatic rings. The van der Waals surface area contributed by atoms with E-state index in [9.17, 15) is 19.2 Å². The fourth-order valence-corrected chi connectivity index (χ4v) is 4.23. The molecule has 36 heavy (non-hydrogen) atoms. The SMILES string of the molecule is CCOC(=O)c1cccc(-n2c(C)cc(/C=C3\C(=O)NC(=O)N(c4ccc(C)c(C)c4)C3=O)c2C)c1. The van der Waals surface area contributed by atoms with Gasteiger partial charge in [0, 0.05) is 17.1 Å². The van der Waals surface area contributed by atoms with Crippen LogP contribution in [0.25, 0.3) is 11.8 Å². The normalized spacial score (nSPS) is 14.9. The zero-order valence-electron chi connectivity index (χ0n) is 20.8. The number of imide groups is 2. The highest BCUT2D eigenvalue weighted by atomic mass is 16.5. The standard InChI is InChI=1S/C28H27N3O5/c1-6-36-27(34)20-8-7-9-22(14-20)30-18(4)13-21(19(30)5)15-24-25(32)29-28(35)31(26(24)33)23-11-10-16(2)17(3)12-23/h7-15H,6H2,1-5H3,(H,29,32,35)/b24-15+. The number of aromatic nitrogens is 1. The van der Waals surface area contributed by atoms with Gasteiger partial charge < -0.3 is 9.30 Å². The van der Waals surface area contributed by atoms with Gasteiger partial charge in [-0.2, -0.15) is 0 Å². The van der Waals surface area contributed by atoms with E-state index < -0.39 is 23.8 Å². The molecule has 1 aliphatic heterocycles. The Labute approximate surface area is 209 Å². The number of carbonyl (C=O) groups is 4. The second kappa shape index (κ2) is 9.65. The Hall–Kier alpha value is -4.46. The number of amides is 4. The molecule has 8 heteroatoms. The number of nitrogens with one attached hydrogen (secondary N) is 1. The van der Waals surface area contributed by atoms with Gasteiger partial charge in [-0.05, 0) is 93.8 Å². The third-order valence-electron chi connectivity index (χ3n) is 6.24. The Bertz CT molecular complexity index is 1450. The summed E-state index contributed by atoms with van der Waals surface area (Å²) in [5, 5.41) is 2.27. The van der Waals surface area contributed by atoms with E-state index in [4.69, 9.17) is 4.74 Å². The van der Waals surface area contributed by atoms with Crippen LogP contribution in [-0.4, -0.2) is 35.0 Å². The molecule has 1 saturated heterocycles. The van der Waals surface area contributed by atoms with E-state index >= 15 is 0 Å². The number of ether oxygens (including phenoxy) is 1. The molecule has 1 N–H and O–H groups in total. The lowest BCUT2D eigenvalue weighted by atomic mass is 10.1. The fourth-order valence-electron chi connectivity index (χ4n) is 4.23. The molecule has 0 atom stereocenters. The number of hydrogen-bond acceptors (Lipinski definition) is 5. The van der Waals surface area contributed by atoms with Crippen molar-refractivity contribution in [2.24, 2.45) is 0 Å². The minimum atomic E-state index is -0.786. The molecule has 4 rings (SSSR count). The average Bonchev–Trinajstić information content (AvgIpc) is 3.11. The molecule has 1 aromatic heterocycles. The lowest BCUT2D eigenvalue weighted by Gasteiger charge is -2.26. The minimum absolute atomic E-state index is 0.145. The summed E-state index contributed by atoms with van der Waals surface area (Å²) in [7, 11) is 0. The molecule has 0 aliphatic carbocycles. The van der Waals surface area contributed by atoms with Gasteiger partial charge in [-0.25, -0.2) is 14.5 Å². The highest BCUT2D eigenvalue weighted by Crippen LogP contribution is 2.27. The number of hydrogen-bond donors (Lipinski definition) is 1. The second-order valence-electron chi connectivity index (χ2n) is 8.66. The van der Waals surface area contributed by atoms with Crippen LogP contribution >= 0.6 is 0 Å². The first kappa shape index (κ1) is 24.7. The number of esters is 1. The van der Waals surface area contributed by atoms with Crippen molar-refractivity contribution in [2.45, 2.75) is 34.6 Å². The van der Waals surface area contributed by atoms with Gasteiger partial charge >= 0.3 is 12.0 Å². The van der Waals surface area contributed by atoms with Gasteiger partial charge in [0.2, 0.25) is 0 Å². The molecular formula is C28H27N3O5. The Morgan fingerprint density at radius 1 is 0.944 bits per heavy atom. The van der Waals surface area contributed by atoms with Crippen molar-refractivity contribution in [2.75, 3.05) is 11.5 Å². The second-order valence-corrected chi connectivity index (χ2v) is 8.66. The smallest absolute Gasteiger partial charge is 0.338 e. The molecule has 8 nitrogen and oxygen atoms in total. The maximum atomic E-state index is 13.3. The molecule has 2 heterocycles. The summed E-state index contributed by atoms with van der Waals surface area (Å²) in [6, 6.07) is 13.3. The van der Waals surface area contributed by atoms with Crippen molar-refractivity contribution < 1.29 is 23.9 Å². The topological polar surface area (TPSA) is 97.7 Å². The number of urea groups is 1. The van der Waals surface area contributed by atoms with E-state index in [1.807, 2.05) is 50.5 Å². The number of rotatable bonds is 5. The van der Waals surface area contributed by atoms with Crippen LogP contribution in [0.3, 0.4) is 0 Å². The van der Waals surface area contributed by atoms with Crippen LogP contribution in [0.5, 0.6) is 0 Å². The van der Waals surface area contributed by atoms with Crippen LogP contribution < -0.4 is 10.2 Å². The molecule has 3 aromatic rings. The first-order valence-electron chi connectivity index (χ1n) is 11.6. The Kier molecular flexibility index (Phi) is 6.61. The highest BCUT2D eigenvalue weighted by molar-refractivity contribution is 6.39. The molecule has 0 bridgehead atoms. The quantitative estimate of drug-likeness (QED) is 0.325. The number of aryl methyl sites for hydroxylation is 3. The van der Waals surface area contributed by atoms with Crippen molar-refractivity contribution in [3.8, 4) is 5.69 Å². The molecule has 4 amide bonds. The molecule has 0 radical (unpaired) electrons. The maximum Gasteiger partial charge on any atom is 0.338 e. The predicted octanol–water partition coefficient (Wildman–Crippen LogP) is 4.55. The van der Waals surface area contributed by atoms with Gasteiger partial charge in [0.15, 0.2) is 0 Å². The van der Waals surface area contributed by atoms with Crippen molar-refractivity contribution in [3.63, 3.8) is 0 Å². The Morgan fingerprint density at radius 2 is 1.69 bits per heavy atom. The minimum Gasteiger partial charge on any atom is -0.462 e. The van der Waals surface area contributed by atoms with Crippen molar-refractivity contribution in [3.05, 3.63) is 87.7 Å². The lowest BCUT2D eigenvalue weighted by molar-refractivity contribution is -0.122. The number of anilines is 1. The van der Waals surface area contributed by atoms with Crippen LogP contribution in [-0.2, 0) is 14.3 Å². The largest absolute Gasteiger partial charge is 0.462 e. The van der Waals surface area contributed by atoms with Crippen LogP contribution in [0.1, 0.15) is 45.4 Å². The first-order chi connectivity index (χ1) is 17.1. The van der Waals surface area contributed by atoms with Gasteiger partial charge in [0.05, 0.1) is 17.9 Å². The molecule has 1 fully saturated rings. The maximum absolute atomic E-state index is 13.3. The summed E-state index contributed by atoms with van der Waals surface area (Å²) in [6.45, 7) is 9.59. The molecule has 184 valence electrons. The summed E-state index contributed by atoms with van der Waals surface area (Å²) in [5.41, 5.74) is 5.59. The van der Waals surface area contributed by atoms with Crippen molar-refractivity contribution in [1.82, 2.24) is 9.88 Å². The van der Waals surface area contributed by atoms with E-state index in [2.05, 4.69) is 5.32 Å². The van der Waals surface area contributed by atoms with Gasteiger partial charge in [-0.15, -0.1) is 0 Å². The van der Waals surface area contributed by atoms with Crippen LogP contribution in [0.2, 0.25) is 0 Å². The summed E-state index contributed by atoms with van der Waals surface area (Å²) in [5.74, 6) is -1.86. The van der Waals surface area contributed by atoms with E-state index in [1.54, 1.807) is 37.3 Å². The average molecular weight is 486 g/mol. The van der Waals surface area contributed by atoms with E-state index in [1.165, 1.54) is 6.08 Å². The van der Waals surface area contributed by atoms with Gasteiger partial charge in [-0.3, -0.25) is 14.9 Å². The van der Waals surface area contributed by atoms with E-state index in [0.717, 1.165) is 33.1 Å². The van der Waals surface area contributed by atoms with Crippen LogP contribution in [0, 0.1) is 27.7 Å². The Morgan fingerprint density at radius 3 is 2.39 bits per heavy atom. The zero-order chi connectivity index (χ0) is 26.1. The molecule has 0 spiro atoms. The Balaban J connectivity index is 1.74. The molecule has 0 unspecified atom stereocenters. The van der Waals surface area contributed by atoms with E-state index in [0.29, 0.717) is 16.8 Å². The van der Waals surface area contributed by atoms with Gasteiger partial charge in [-0.1, -0.05) is 12.1 Å². The lowest BCUT2D eigenvalue weighted by Crippen LogP contribution is -2.54. The predicted molar refractivity (Wildman–Crippen MR) is 136 cm³/mol. The molecule has 2 aromatic carbocycles. The summed E-state index contributed by atoms with van der Waals surface area (Å²) in [4.78, 5) is 51.7. The van der Waals surface area contributed by atoms with Gasteiger partial charge in [0.25, 0.3) is 11.8 Å². The van der Waals surface area contributed by atoms with Gasteiger partial charge in [0.1, 0.15) is 5.57 Å². The number of nitrogens with zero attached hydrogens (tertiary/aromatic N) is 2. The molecular weight excluding hydrogens is 458 g/mol. The summed E-state index contributed by atoms with van der Waals surface area (Å²) >= 11 is 0. The fraction of sp³-hybridized carbons (Fsp3) is 0.214. The third-order valence-corrected chi connectivity index (χ3v) is 6.24. The molecule has 0 saturated carbocycles. The number of barbiturate groups is 1. The van der Waals surface area contributed by atoms with Crippen LogP contribution in [0.4, 0.5) is 10.5 Å². The summed E-state index contributed by atoms with van der Waals surface area (Å²) < 4.78 is 7.03. The zero-order valence-corrected chi connectivity index (χ0v) is 20.8. The van der Waals surface area contributed by atoms with Crippen molar-refractivity contribution >= 4 is 35.6 Å².